The quantitative estimate of drug-likeness (QED) is 0.771. The summed E-state index contributed by atoms with van der Waals surface area (Å²) in [4.78, 5) is 0.288. The molecule has 4 nitrogen and oxygen atoms in total. The van der Waals surface area contributed by atoms with Crippen molar-refractivity contribution in [3.63, 3.8) is 0 Å². The van der Waals surface area contributed by atoms with Crippen LogP contribution < -0.4 is 4.72 Å². The number of halogens is 1. The lowest BCUT2D eigenvalue weighted by molar-refractivity contribution is 0.100. The van der Waals surface area contributed by atoms with Gasteiger partial charge < -0.3 is 4.74 Å². The Labute approximate surface area is 132 Å². The number of nitrogens with one attached hydrogen (secondary N) is 1. The highest BCUT2D eigenvalue weighted by molar-refractivity contribution is 9.10. The lowest BCUT2D eigenvalue weighted by Crippen LogP contribution is -2.27. The monoisotopic (exact) mass is 379 g/mol. The molecule has 2 rings (SSSR count). The van der Waals surface area contributed by atoms with E-state index < -0.39 is 10.0 Å². The van der Waals surface area contributed by atoms with Crippen molar-refractivity contribution in [2.75, 3.05) is 25.5 Å². The predicted octanol–water partition coefficient (Wildman–Crippen LogP) is 2.64. The summed E-state index contributed by atoms with van der Waals surface area (Å²) in [7, 11) is -3.43. The molecule has 1 saturated heterocycles. The third-order valence-electron chi connectivity index (χ3n) is 3.04. The van der Waals surface area contributed by atoms with Gasteiger partial charge in [-0.2, -0.15) is 11.8 Å². The fourth-order valence-electron chi connectivity index (χ4n) is 1.98. The fraction of sp³-hybridized carbons (Fsp3) is 0.538. The Morgan fingerprint density at radius 1 is 1.30 bits per heavy atom. The van der Waals surface area contributed by atoms with Crippen molar-refractivity contribution in [3.8, 4) is 0 Å². The van der Waals surface area contributed by atoms with Crippen LogP contribution in [0.2, 0.25) is 0 Å². The Balaban J connectivity index is 1.79. The number of benzene rings is 1. The minimum atomic E-state index is -3.43. The van der Waals surface area contributed by atoms with Crippen molar-refractivity contribution < 1.29 is 13.2 Å². The van der Waals surface area contributed by atoms with Crippen molar-refractivity contribution in [2.24, 2.45) is 0 Å². The van der Waals surface area contributed by atoms with E-state index in [-0.39, 0.29) is 4.90 Å². The molecule has 0 amide bonds. The van der Waals surface area contributed by atoms with E-state index in [1.54, 1.807) is 24.3 Å². The molecule has 0 saturated carbocycles. The number of ether oxygens (including phenoxy) is 1. The Kier molecular flexibility index (Phi) is 6.35. The summed E-state index contributed by atoms with van der Waals surface area (Å²) < 4.78 is 32.8. The molecule has 1 aliphatic rings. The third kappa shape index (κ3) is 4.73. The molecule has 0 aliphatic carbocycles. The van der Waals surface area contributed by atoms with Gasteiger partial charge in [-0.3, -0.25) is 0 Å². The first kappa shape index (κ1) is 16.3. The van der Waals surface area contributed by atoms with Crippen LogP contribution in [0.1, 0.15) is 12.8 Å². The highest BCUT2D eigenvalue weighted by Gasteiger charge is 2.17. The van der Waals surface area contributed by atoms with E-state index in [0.717, 1.165) is 31.8 Å². The van der Waals surface area contributed by atoms with Crippen LogP contribution in [0.5, 0.6) is 0 Å². The van der Waals surface area contributed by atoms with Crippen LogP contribution in [0.4, 0.5) is 0 Å². The zero-order valence-electron chi connectivity index (χ0n) is 11.0. The van der Waals surface area contributed by atoms with E-state index in [1.807, 2.05) is 11.8 Å². The highest BCUT2D eigenvalue weighted by atomic mass is 79.9. The second kappa shape index (κ2) is 7.79. The van der Waals surface area contributed by atoms with Gasteiger partial charge >= 0.3 is 0 Å². The van der Waals surface area contributed by atoms with Crippen LogP contribution in [0.15, 0.2) is 33.6 Å². The summed E-state index contributed by atoms with van der Waals surface area (Å²) in [6, 6.07) is 6.84. The van der Waals surface area contributed by atoms with Gasteiger partial charge in [0.05, 0.1) is 4.90 Å². The van der Waals surface area contributed by atoms with Gasteiger partial charge in [0.25, 0.3) is 0 Å². The fourth-order valence-corrected chi connectivity index (χ4v) is 5.23. The number of sulfonamides is 1. The molecule has 0 unspecified atom stereocenters. The summed E-state index contributed by atoms with van der Waals surface area (Å²) in [5.41, 5.74) is 0. The number of hydrogen-bond donors (Lipinski definition) is 1. The first-order valence-electron chi connectivity index (χ1n) is 6.53. The van der Waals surface area contributed by atoms with Gasteiger partial charge in [-0.25, -0.2) is 13.1 Å². The van der Waals surface area contributed by atoms with Gasteiger partial charge in [0.1, 0.15) is 0 Å². The van der Waals surface area contributed by atoms with Crippen LogP contribution >= 0.6 is 27.7 Å². The summed E-state index contributed by atoms with van der Waals surface area (Å²) in [6.45, 7) is 2.09. The van der Waals surface area contributed by atoms with Crippen LogP contribution in [-0.4, -0.2) is 39.2 Å². The molecule has 1 aliphatic heterocycles. The zero-order chi connectivity index (χ0) is 14.4. The van der Waals surface area contributed by atoms with Gasteiger partial charge in [0.15, 0.2) is 0 Å². The normalized spacial score (nSPS) is 17.2. The van der Waals surface area contributed by atoms with Gasteiger partial charge in [-0.1, -0.05) is 12.1 Å². The maximum atomic E-state index is 12.1. The van der Waals surface area contributed by atoms with Gasteiger partial charge in [-0.05, 0) is 40.9 Å². The minimum Gasteiger partial charge on any atom is -0.381 e. The van der Waals surface area contributed by atoms with Crippen molar-refractivity contribution >= 4 is 37.7 Å². The van der Waals surface area contributed by atoms with E-state index in [0.29, 0.717) is 16.3 Å². The van der Waals surface area contributed by atoms with Crippen LogP contribution in [0, 0.1) is 0 Å². The Bertz CT molecular complexity index is 530. The van der Waals surface area contributed by atoms with Crippen molar-refractivity contribution in [2.45, 2.75) is 23.0 Å². The maximum Gasteiger partial charge on any atom is 0.241 e. The second-order valence-corrected chi connectivity index (χ2v) is 8.51. The van der Waals surface area contributed by atoms with Gasteiger partial charge in [0.2, 0.25) is 10.0 Å². The molecule has 1 aromatic carbocycles. The molecule has 20 heavy (non-hydrogen) atoms. The predicted molar refractivity (Wildman–Crippen MR) is 85.6 cm³/mol. The Morgan fingerprint density at radius 3 is 2.70 bits per heavy atom. The lowest BCUT2D eigenvalue weighted by atomic mass is 10.2. The van der Waals surface area contributed by atoms with E-state index in [1.165, 1.54) is 0 Å². The molecule has 0 aromatic heterocycles. The third-order valence-corrected chi connectivity index (χ3v) is 6.90. The van der Waals surface area contributed by atoms with E-state index in [4.69, 9.17) is 4.74 Å². The molecule has 1 fully saturated rings. The SMILES string of the molecule is O=S(=O)(NCCSC1CCOCC1)c1ccccc1Br. The van der Waals surface area contributed by atoms with E-state index in [9.17, 15) is 8.42 Å². The molecule has 0 spiro atoms. The number of hydrogen-bond acceptors (Lipinski definition) is 4. The molecular formula is C13H18BrNO3S2. The number of rotatable bonds is 6. The van der Waals surface area contributed by atoms with Gasteiger partial charge in [-0.15, -0.1) is 0 Å². The number of thioether (sulfide) groups is 1. The summed E-state index contributed by atoms with van der Waals surface area (Å²) in [5.74, 6) is 0.786. The molecule has 1 heterocycles. The lowest BCUT2D eigenvalue weighted by Gasteiger charge is -2.21. The molecule has 1 N–H and O–H groups in total. The minimum absolute atomic E-state index is 0.288. The summed E-state index contributed by atoms with van der Waals surface area (Å²) >= 11 is 5.08. The van der Waals surface area contributed by atoms with Crippen molar-refractivity contribution in [1.29, 1.82) is 0 Å². The largest absolute Gasteiger partial charge is 0.381 e. The average Bonchev–Trinajstić information content (AvgIpc) is 2.45. The van der Waals surface area contributed by atoms with Crippen LogP contribution in [0.3, 0.4) is 0 Å². The summed E-state index contributed by atoms with van der Waals surface area (Å²) in [6.07, 6.45) is 2.11. The van der Waals surface area contributed by atoms with E-state index in [2.05, 4.69) is 20.7 Å². The molecule has 0 atom stereocenters. The molecule has 0 bridgehead atoms. The Hall–Kier alpha value is -0.0800. The molecule has 112 valence electrons. The molecule has 1 aromatic rings. The maximum absolute atomic E-state index is 12.1. The summed E-state index contributed by atoms with van der Waals surface area (Å²) in [5, 5.41) is 0.594. The average molecular weight is 380 g/mol. The van der Waals surface area contributed by atoms with E-state index >= 15 is 0 Å². The topological polar surface area (TPSA) is 55.4 Å². The van der Waals surface area contributed by atoms with Gasteiger partial charge in [0, 0.05) is 35.2 Å². The standard InChI is InChI=1S/C13H18BrNO3S2/c14-12-3-1-2-4-13(12)20(16,17)15-7-10-19-11-5-8-18-9-6-11/h1-4,11,15H,5-10H2. The second-order valence-electron chi connectivity index (χ2n) is 4.51. The van der Waals surface area contributed by atoms with Crippen molar-refractivity contribution in [3.05, 3.63) is 28.7 Å². The molecule has 0 radical (unpaired) electrons. The van der Waals surface area contributed by atoms with Crippen LogP contribution in [-0.2, 0) is 14.8 Å². The zero-order valence-corrected chi connectivity index (χ0v) is 14.3. The first-order valence-corrected chi connectivity index (χ1v) is 9.85. The van der Waals surface area contributed by atoms with Crippen LogP contribution in [0.25, 0.3) is 0 Å². The first-order chi connectivity index (χ1) is 9.59. The molecular weight excluding hydrogens is 362 g/mol. The van der Waals surface area contributed by atoms with Crippen molar-refractivity contribution in [1.82, 2.24) is 4.72 Å². The smallest absolute Gasteiger partial charge is 0.241 e. The molecule has 7 heteroatoms. The highest BCUT2D eigenvalue weighted by Crippen LogP contribution is 2.23. The Morgan fingerprint density at radius 2 is 2.00 bits per heavy atom.